The van der Waals surface area contributed by atoms with E-state index in [2.05, 4.69) is 6.07 Å². The number of halogens is 1. The third kappa shape index (κ3) is 5.20. The second kappa shape index (κ2) is 6.63. The normalized spacial score (nSPS) is 14.9. The highest BCUT2D eigenvalue weighted by Gasteiger charge is 2.19. The highest BCUT2D eigenvalue weighted by Crippen LogP contribution is 2.34. The summed E-state index contributed by atoms with van der Waals surface area (Å²) in [5, 5.41) is 0. The van der Waals surface area contributed by atoms with Gasteiger partial charge in [0.05, 0.1) is 6.61 Å². The van der Waals surface area contributed by atoms with Crippen molar-refractivity contribution in [1.29, 1.82) is 0 Å². The topological polar surface area (TPSA) is 9.23 Å². The zero-order valence-corrected chi connectivity index (χ0v) is 10.3. The molecule has 0 heterocycles. The van der Waals surface area contributed by atoms with Gasteiger partial charge in [0.1, 0.15) is 11.6 Å². The molecule has 1 fully saturated rings. The molecule has 2 rings (SSSR count). The fourth-order valence-corrected chi connectivity index (χ4v) is 1.99. The van der Waals surface area contributed by atoms with Gasteiger partial charge in [0.15, 0.2) is 0 Å². The van der Waals surface area contributed by atoms with Crippen LogP contribution in [0.15, 0.2) is 18.2 Å². The molecule has 2 heteroatoms. The summed E-state index contributed by atoms with van der Waals surface area (Å²) < 4.78 is 18.3. The molecule has 0 aromatic heterocycles. The van der Waals surface area contributed by atoms with Crippen molar-refractivity contribution < 1.29 is 9.13 Å². The molecule has 1 aliphatic carbocycles. The van der Waals surface area contributed by atoms with Gasteiger partial charge in [-0.15, -0.1) is 0 Å². The molecule has 0 spiro atoms. The highest BCUT2D eigenvalue weighted by atomic mass is 19.1. The molecule has 0 atom stereocenters. The highest BCUT2D eigenvalue weighted by molar-refractivity contribution is 5.21. The number of hydrogen-bond donors (Lipinski definition) is 0. The van der Waals surface area contributed by atoms with Crippen molar-refractivity contribution in [2.75, 3.05) is 6.61 Å². The van der Waals surface area contributed by atoms with Gasteiger partial charge >= 0.3 is 0 Å². The Morgan fingerprint density at radius 3 is 2.82 bits per heavy atom. The summed E-state index contributed by atoms with van der Waals surface area (Å²) in [6.07, 6.45) is 9.27. The van der Waals surface area contributed by atoms with Crippen molar-refractivity contribution in [3.05, 3.63) is 30.1 Å². The molecule has 1 aromatic carbocycles. The Morgan fingerprint density at radius 2 is 2.06 bits per heavy atom. The Balaban J connectivity index is 1.47. The molecule has 17 heavy (non-hydrogen) atoms. The predicted molar refractivity (Wildman–Crippen MR) is 66.5 cm³/mol. The lowest BCUT2D eigenvalue weighted by atomic mass is 10.1. The minimum Gasteiger partial charge on any atom is -0.493 e. The zero-order valence-electron chi connectivity index (χ0n) is 10.3. The summed E-state index contributed by atoms with van der Waals surface area (Å²) in [4.78, 5) is 0. The summed E-state index contributed by atoms with van der Waals surface area (Å²) in [7, 11) is 0. The number of rotatable bonds is 8. The molecule has 0 bridgehead atoms. The first-order chi connectivity index (χ1) is 8.34. The predicted octanol–water partition coefficient (Wildman–Crippen LogP) is 4.37. The van der Waals surface area contributed by atoms with Crippen LogP contribution in [0.2, 0.25) is 0 Å². The quantitative estimate of drug-likeness (QED) is 0.608. The van der Waals surface area contributed by atoms with Gasteiger partial charge in [0, 0.05) is 12.1 Å². The summed E-state index contributed by atoms with van der Waals surface area (Å²) >= 11 is 0. The standard InChI is InChI=1S/C15H20FO/c16-14-7-5-8-15(12-14)17-11-4-2-1-3-6-13-9-10-13/h5,8,12-13H,1-4,6,9-11H2. The number of hydrogen-bond acceptors (Lipinski definition) is 1. The van der Waals surface area contributed by atoms with Crippen molar-refractivity contribution >= 4 is 0 Å². The van der Waals surface area contributed by atoms with Gasteiger partial charge in [-0.25, -0.2) is 4.39 Å². The summed E-state index contributed by atoms with van der Waals surface area (Å²) in [6, 6.07) is 7.14. The van der Waals surface area contributed by atoms with Gasteiger partial charge in [0.2, 0.25) is 0 Å². The van der Waals surface area contributed by atoms with E-state index in [1.807, 2.05) is 0 Å². The van der Waals surface area contributed by atoms with Crippen LogP contribution in [0.25, 0.3) is 0 Å². The average Bonchev–Trinajstić information content (AvgIpc) is 3.12. The maximum Gasteiger partial charge on any atom is 0.134 e. The van der Waals surface area contributed by atoms with Crippen molar-refractivity contribution in [3.8, 4) is 5.75 Å². The van der Waals surface area contributed by atoms with Crippen LogP contribution in [0, 0.1) is 17.8 Å². The van der Waals surface area contributed by atoms with E-state index in [4.69, 9.17) is 4.74 Å². The second-order valence-electron chi connectivity index (χ2n) is 4.87. The molecule has 0 saturated heterocycles. The smallest absolute Gasteiger partial charge is 0.134 e. The van der Waals surface area contributed by atoms with Crippen LogP contribution >= 0.6 is 0 Å². The summed E-state index contributed by atoms with van der Waals surface area (Å²) in [5.74, 6) is 1.31. The van der Waals surface area contributed by atoms with E-state index in [0.717, 1.165) is 12.3 Å². The van der Waals surface area contributed by atoms with Crippen molar-refractivity contribution in [1.82, 2.24) is 0 Å². The molecule has 1 aliphatic rings. The van der Waals surface area contributed by atoms with E-state index >= 15 is 0 Å². The summed E-state index contributed by atoms with van der Waals surface area (Å²) in [6.45, 7) is 0.687. The van der Waals surface area contributed by atoms with E-state index in [1.54, 1.807) is 12.1 Å². The molecule has 0 amide bonds. The van der Waals surface area contributed by atoms with Gasteiger partial charge in [-0.1, -0.05) is 38.5 Å². The SMILES string of the molecule is Fc1[c]ccc(OCCCCCCC2CC2)c1. The Labute approximate surface area is 103 Å². The van der Waals surface area contributed by atoms with E-state index in [0.29, 0.717) is 12.4 Å². The second-order valence-corrected chi connectivity index (χ2v) is 4.87. The molecular weight excluding hydrogens is 215 g/mol. The van der Waals surface area contributed by atoms with Gasteiger partial charge in [-0.2, -0.15) is 0 Å². The van der Waals surface area contributed by atoms with E-state index < -0.39 is 0 Å². The molecule has 0 aliphatic heterocycles. The van der Waals surface area contributed by atoms with Crippen molar-refractivity contribution in [2.24, 2.45) is 5.92 Å². The Hall–Kier alpha value is -1.05. The van der Waals surface area contributed by atoms with Gasteiger partial charge in [-0.3, -0.25) is 0 Å². The molecular formula is C15H20FO. The van der Waals surface area contributed by atoms with Crippen LogP contribution in [0.3, 0.4) is 0 Å². The number of unbranched alkanes of at least 4 members (excludes halogenated alkanes) is 3. The molecule has 1 nitrogen and oxygen atoms in total. The number of benzene rings is 1. The maximum atomic E-state index is 12.8. The monoisotopic (exact) mass is 235 g/mol. The van der Waals surface area contributed by atoms with E-state index in [-0.39, 0.29) is 5.82 Å². The fraction of sp³-hybridized carbons (Fsp3) is 0.600. The zero-order chi connectivity index (χ0) is 11.9. The first kappa shape index (κ1) is 12.4. The van der Waals surface area contributed by atoms with E-state index in [9.17, 15) is 4.39 Å². The van der Waals surface area contributed by atoms with Crippen LogP contribution in [0.1, 0.15) is 44.9 Å². The number of ether oxygens (including phenoxy) is 1. The van der Waals surface area contributed by atoms with Crippen LogP contribution in [0.4, 0.5) is 4.39 Å². The van der Waals surface area contributed by atoms with Crippen LogP contribution < -0.4 is 4.74 Å². The summed E-state index contributed by atoms with van der Waals surface area (Å²) in [5.41, 5.74) is 0. The third-order valence-corrected chi connectivity index (χ3v) is 3.21. The van der Waals surface area contributed by atoms with Crippen LogP contribution in [0.5, 0.6) is 5.75 Å². The van der Waals surface area contributed by atoms with Crippen molar-refractivity contribution in [3.63, 3.8) is 0 Å². The largest absolute Gasteiger partial charge is 0.493 e. The molecule has 0 N–H and O–H groups in total. The van der Waals surface area contributed by atoms with Gasteiger partial charge < -0.3 is 4.74 Å². The molecule has 93 valence electrons. The average molecular weight is 235 g/mol. The lowest BCUT2D eigenvalue weighted by Crippen LogP contribution is -1.97. The molecule has 1 aromatic rings. The Bertz CT molecular complexity index is 333. The Morgan fingerprint density at radius 1 is 1.24 bits per heavy atom. The van der Waals surface area contributed by atoms with Gasteiger partial charge in [-0.05, 0) is 24.5 Å². The van der Waals surface area contributed by atoms with Crippen molar-refractivity contribution in [2.45, 2.75) is 44.9 Å². The molecule has 0 unspecified atom stereocenters. The lowest BCUT2D eigenvalue weighted by Gasteiger charge is -2.05. The fourth-order valence-electron chi connectivity index (χ4n) is 1.99. The lowest BCUT2D eigenvalue weighted by molar-refractivity contribution is 0.302. The first-order valence-electron chi connectivity index (χ1n) is 6.64. The van der Waals surface area contributed by atoms with Crippen LogP contribution in [-0.2, 0) is 0 Å². The Kier molecular flexibility index (Phi) is 4.84. The molecule has 1 radical (unpaired) electrons. The maximum absolute atomic E-state index is 12.8. The third-order valence-electron chi connectivity index (χ3n) is 3.21. The minimum absolute atomic E-state index is 0.355. The molecule has 1 saturated carbocycles. The van der Waals surface area contributed by atoms with Gasteiger partial charge in [0.25, 0.3) is 0 Å². The first-order valence-corrected chi connectivity index (χ1v) is 6.64. The van der Waals surface area contributed by atoms with E-state index in [1.165, 1.54) is 44.6 Å². The minimum atomic E-state index is -0.355. The van der Waals surface area contributed by atoms with Crippen LogP contribution in [-0.4, -0.2) is 6.61 Å².